The van der Waals surface area contributed by atoms with Gasteiger partial charge in [-0.25, -0.2) is 0 Å². The average molecular weight is 352 g/mol. The standard InChI is InChI=1S/C18H26BrNO/c1-14(2)12-18(10-6-7-11-18)17(21)20-13-16(19)15-8-4-3-5-9-15/h3-5,8-9,14,16H,6-7,10-13H2,1-2H3,(H,20,21). The fourth-order valence-electron chi connectivity index (χ4n) is 3.51. The van der Waals surface area contributed by atoms with Gasteiger partial charge < -0.3 is 5.32 Å². The Morgan fingerprint density at radius 2 is 1.86 bits per heavy atom. The highest BCUT2D eigenvalue weighted by Crippen LogP contribution is 2.43. The summed E-state index contributed by atoms with van der Waals surface area (Å²) in [6.07, 6.45) is 5.49. The summed E-state index contributed by atoms with van der Waals surface area (Å²) >= 11 is 3.68. The van der Waals surface area contributed by atoms with E-state index in [1.165, 1.54) is 18.4 Å². The van der Waals surface area contributed by atoms with Crippen LogP contribution in [0.25, 0.3) is 0 Å². The molecule has 0 spiro atoms. The normalized spacial score (nSPS) is 18.7. The third-order valence-electron chi connectivity index (χ3n) is 4.44. The van der Waals surface area contributed by atoms with Crippen LogP contribution in [0, 0.1) is 11.3 Å². The van der Waals surface area contributed by atoms with Crippen LogP contribution in [0.1, 0.15) is 56.3 Å². The Balaban J connectivity index is 1.93. The molecule has 0 aromatic heterocycles. The van der Waals surface area contributed by atoms with Crippen molar-refractivity contribution in [3.63, 3.8) is 0 Å². The SMILES string of the molecule is CC(C)CC1(C(=O)NCC(Br)c2ccccc2)CCCC1. The van der Waals surface area contributed by atoms with E-state index in [-0.39, 0.29) is 16.1 Å². The summed E-state index contributed by atoms with van der Waals surface area (Å²) in [5.41, 5.74) is 1.10. The number of nitrogens with one attached hydrogen (secondary N) is 1. The molecule has 0 heterocycles. The van der Waals surface area contributed by atoms with E-state index in [0.29, 0.717) is 12.5 Å². The van der Waals surface area contributed by atoms with Crippen molar-refractivity contribution < 1.29 is 4.79 Å². The van der Waals surface area contributed by atoms with Gasteiger partial charge in [0.25, 0.3) is 0 Å². The van der Waals surface area contributed by atoms with Gasteiger partial charge in [-0.1, -0.05) is 73.0 Å². The first-order valence-corrected chi connectivity index (χ1v) is 8.92. The van der Waals surface area contributed by atoms with Gasteiger partial charge in [-0.3, -0.25) is 4.79 Å². The summed E-state index contributed by atoms with van der Waals surface area (Å²) in [7, 11) is 0. The molecule has 2 rings (SSSR count). The lowest BCUT2D eigenvalue weighted by atomic mass is 9.77. The second-order valence-corrected chi connectivity index (χ2v) is 7.78. The highest BCUT2D eigenvalue weighted by atomic mass is 79.9. The first-order chi connectivity index (χ1) is 10.0. The van der Waals surface area contributed by atoms with Gasteiger partial charge in [0.1, 0.15) is 0 Å². The van der Waals surface area contributed by atoms with Gasteiger partial charge in [0.05, 0.1) is 4.83 Å². The van der Waals surface area contributed by atoms with Crippen molar-refractivity contribution in [2.45, 2.75) is 50.8 Å². The minimum absolute atomic E-state index is 0.114. The third kappa shape index (κ3) is 4.32. The van der Waals surface area contributed by atoms with Crippen LogP contribution in [-0.4, -0.2) is 12.5 Å². The Kier molecular flexibility index (Phi) is 5.86. The molecule has 1 atom stereocenters. The van der Waals surface area contributed by atoms with Gasteiger partial charge in [-0.05, 0) is 30.7 Å². The molecule has 116 valence electrons. The quantitative estimate of drug-likeness (QED) is 0.729. The molecule has 1 aromatic rings. The molecule has 21 heavy (non-hydrogen) atoms. The summed E-state index contributed by atoms with van der Waals surface area (Å²) < 4.78 is 0. The molecule has 0 saturated heterocycles. The number of hydrogen-bond acceptors (Lipinski definition) is 1. The second-order valence-electron chi connectivity index (χ2n) is 6.67. The predicted molar refractivity (Wildman–Crippen MR) is 91.5 cm³/mol. The summed E-state index contributed by atoms with van der Waals surface area (Å²) in [6.45, 7) is 5.08. The smallest absolute Gasteiger partial charge is 0.226 e. The largest absolute Gasteiger partial charge is 0.354 e. The molecular weight excluding hydrogens is 326 g/mol. The van der Waals surface area contributed by atoms with Crippen LogP contribution >= 0.6 is 15.9 Å². The number of amides is 1. The van der Waals surface area contributed by atoms with Crippen molar-refractivity contribution in [2.75, 3.05) is 6.54 Å². The van der Waals surface area contributed by atoms with E-state index in [9.17, 15) is 4.79 Å². The van der Waals surface area contributed by atoms with Gasteiger partial charge in [0.2, 0.25) is 5.91 Å². The van der Waals surface area contributed by atoms with Crippen LogP contribution in [0.2, 0.25) is 0 Å². The van der Waals surface area contributed by atoms with Gasteiger partial charge in [-0.15, -0.1) is 0 Å². The van der Waals surface area contributed by atoms with Crippen molar-refractivity contribution in [3.8, 4) is 0 Å². The zero-order chi connectivity index (χ0) is 15.3. The molecule has 1 saturated carbocycles. The van der Waals surface area contributed by atoms with Gasteiger partial charge in [0.15, 0.2) is 0 Å². The lowest BCUT2D eigenvalue weighted by Gasteiger charge is -2.30. The van der Waals surface area contributed by atoms with Crippen molar-refractivity contribution >= 4 is 21.8 Å². The minimum Gasteiger partial charge on any atom is -0.354 e. The molecule has 1 amide bonds. The summed E-state index contributed by atoms with van der Waals surface area (Å²) in [4.78, 5) is 12.9. The predicted octanol–water partition coefficient (Wildman–Crippen LogP) is 4.85. The Morgan fingerprint density at radius 1 is 1.24 bits per heavy atom. The van der Waals surface area contributed by atoms with E-state index >= 15 is 0 Å². The number of hydrogen-bond donors (Lipinski definition) is 1. The molecule has 1 aliphatic carbocycles. The maximum atomic E-state index is 12.7. The Morgan fingerprint density at radius 3 is 2.43 bits per heavy atom. The van der Waals surface area contributed by atoms with Crippen LogP contribution < -0.4 is 5.32 Å². The molecule has 2 nitrogen and oxygen atoms in total. The van der Waals surface area contributed by atoms with Crippen molar-refractivity contribution in [3.05, 3.63) is 35.9 Å². The highest BCUT2D eigenvalue weighted by Gasteiger charge is 2.41. The van der Waals surface area contributed by atoms with E-state index in [4.69, 9.17) is 0 Å². The van der Waals surface area contributed by atoms with Crippen LogP contribution in [0.15, 0.2) is 30.3 Å². The maximum Gasteiger partial charge on any atom is 0.226 e. The van der Waals surface area contributed by atoms with E-state index in [0.717, 1.165) is 19.3 Å². The van der Waals surface area contributed by atoms with Crippen LogP contribution in [0.4, 0.5) is 0 Å². The fourth-order valence-corrected chi connectivity index (χ4v) is 3.97. The summed E-state index contributed by atoms with van der Waals surface area (Å²) in [5.74, 6) is 0.830. The van der Waals surface area contributed by atoms with Gasteiger partial charge in [0, 0.05) is 12.0 Å². The lowest BCUT2D eigenvalue weighted by molar-refractivity contribution is -0.131. The molecule has 1 fully saturated rings. The lowest BCUT2D eigenvalue weighted by Crippen LogP contribution is -2.41. The zero-order valence-electron chi connectivity index (χ0n) is 13.1. The number of carbonyl (C=O) groups excluding carboxylic acids is 1. The van der Waals surface area contributed by atoms with E-state index in [2.05, 4.69) is 47.2 Å². The number of rotatable bonds is 6. The zero-order valence-corrected chi connectivity index (χ0v) is 14.7. The molecule has 0 aliphatic heterocycles. The van der Waals surface area contributed by atoms with Crippen LogP contribution in [0.5, 0.6) is 0 Å². The Labute approximate surface area is 136 Å². The first kappa shape index (κ1) is 16.5. The van der Waals surface area contributed by atoms with Crippen LogP contribution in [-0.2, 0) is 4.79 Å². The first-order valence-electron chi connectivity index (χ1n) is 8.01. The minimum atomic E-state index is -0.114. The van der Waals surface area contributed by atoms with Gasteiger partial charge >= 0.3 is 0 Å². The van der Waals surface area contributed by atoms with Gasteiger partial charge in [-0.2, -0.15) is 0 Å². The highest BCUT2D eigenvalue weighted by molar-refractivity contribution is 9.09. The molecular formula is C18H26BrNO. The van der Waals surface area contributed by atoms with E-state index in [1.54, 1.807) is 0 Å². The topological polar surface area (TPSA) is 29.1 Å². The van der Waals surface area contributed by atoms with Crippen molar-refractivity contribution in [1.29, 1.82) is 0 Å². The molecule has 1 aliphatic rings. The molecule has 1 aromatic carbocycles. The average Bonchev–Trinajstić information content (AvgIpc) is 2.94. The third-order valence-corrected chi connectivity index (χ3v) is 5.30. The van der Waals surface area contributed by atoms with Crippen molar-refractivity contribution in [1.82, 2.24) is 5.32 Å². The number of carbonyl (C=O) groups is 1. The second kappa shape index (κ2) is 7.44. The van der Waals surface area contributed by atoms with Crippen molar-refractivity contribution in [2.24, 2.45) is 11.3 Å². The van der Waals surface area contributed by atoms with Crippen LogP contribution in [0.3, 0.4) is 0 Å². The molecule has 0 bridgehead atoms. The van der Waals surface area contributed by atoms with E-state index < -0.39 is 0 Å². The fraction of sp³-hybridized carbons (Fsp3) is 0.611. The summed E-state index contributed by atoms with van der Waals surface area (Å²) in [5, 5.41) is 3.18. The Bertz CT molecular complexity index is 452. The molecule has 1 unspecified atom stereocenters. The maximum absolute atomic E-state index is 12.7. The molecule has 0 radical (unpaired) electrons. The monoisotopic (exact) mass is 351 g/mol. The number of halogens is 1. The molecule has 1 N–H and O–H groups in total. The van der Waals surface area contributed by atoms with E-state index in [1.807, 2.05) is 18.2 Å². The Hall–Kier alpha value is -0.830. The number of alkyl halides is 1. The number of benzene rings is 1. The molecule has 3 heteroatoms. The summed E-state index contributed by atoms with van der Waals surface area (Å²) in [6, 6.07) is 10.2.